The average Bonchev–Trinajstić information content (AvgIpc) is 2.72. The van der Waals surface area contributed by atoms with E-state index in [1.54, 1.807) is 12.4 Å². The Morgan fingerprint density at radius 2 is 1.78 bits per heavy atom. The third kappa shape index (κ3) is 5.10. The molecule has 0 spiro atoms. The Bertz CT molecular complexity index is 851. The lowest BCUT2D eigenvalue weighted by Crippen LogP contribution is -2.31. The summed E-state index contributed by atoms with van der Waals surface area (Å²) in [5.74, 6) is 0.481. The number of benzene rings is 1. The minimum absolute atomic E-state index is 0.253. The number of nitrogens with one attached hydrogen (secondary N) is 1. The Balaban J connectivity index is 1.66. The Hall–Kier alpha value is -3.28. The Kier molecular flexibility index (Phi) is 6.10. The van der Waals surface area contributed by atoms with Crippen LogP contribution in [0.1, 0.15) is 35.6 Å². The molecule has 0 aliphatic rings. The maximum Gasteiger partial charge on any atom is 0.271 e. The fourth-order valence-electron chi connectivity index (χ4n) is 2.66. The largest absolute Gasteiger partial charge is 0.349 e. The fraction of sp³-hybridized carbons (Fsp3) is 0.238. The van der Waals surface area contributed by atoms with Crippen LogP contribution in [-0.4, -0.2) is 26.9 Å². The van der Waals surface area contributed by atoms with E-state index in [0.29, 0.717) is 6.54 Å². The first kappa shape index (κ1) is 18.5. The lowest BCUT2D eigenvalue weighted by molar-refractivity contribution is 0.0945. The third-order valence-electron chi connectivity index (χ3n) is 4.14. The quantitative estimate of drug-likeness (QED) is 0.700. The van der Waals surface area contributed by atoms with E-state index in [-0.39, 0.29) is 17.6 Å². The molecule has 138 valence electrons. The van der Waals surface area contributed by atoms with Crippen molar-refractivity contribution in [2.24, 2.45) is 0 Å². The second-order valence-corrected chi connectivity index (χ2v) is 6.47. The average molecular weight is 361 g/mol. The van der Waals surface area contributed by atoms with Crippen molar-refractivity contribution in [1.82, 2.24) is 20.3 Å². The predicted octanol–water partition coefficient (Wildman–Crippen LogP) is 3.22. The lowest BCUT2D eigenvalue weighted by atomic mass is 10.2. The molecule has 1 amide bonds. The highest BCUT2D eigenvalue weighted by atomic mass is 16.1. The molecule has 6 heteroatoms. The molecule has 0 saturated carbocycles. The number of carbonyl (C=O) groups is 1. The first-order valence-electron chi connectivity index (χ1n) is 8.94. The van der Waals surface area contributed by atoms with Crippen LogP contribution in [0.2, 0.25) is 0 Å². The van der Waals surface area contributed by atoms with Crippen molar-refractivity contribution >= 4 is 11.7 Å². The molecular weight excluding hydrogens is 338 g/mol. The third-order valence-corrected chi connectivity index (χ3v) is 4.14. The maximum atomic E-state index is 12.3. The summed E-state index contributed by atoms with van der Waals surface area (Å²) in [6, 6.07) is 16.1. The smallest absolute Gasteiger partial charge is 0.271 e. The zero-order valence-corrected chi connectivity index (χ0v) is 15.5. The second kappa shape index (κ2) is 8.89. The predicted molar refractivity (Wildman–Crippen MR) is 105 cm³/mol. The van der Waals surface area contributed by atoms with Gasteiger partial charge in [0.2, 0.25) is 0 Å². The number of hydrogen-bond donors (Lipinski definition) is 1. The lowest BCUT2D eigenvalue weighted by Gasteiger charge is -2.27. The molecule has 0 saturated heterocycles. The second-order valence-electron chi connectivity index (χ2n) is 6.47. The van der Waals surface area contributed by atoms with E-state index in [0.717, 1.165) is 18.1 Å². The number of anilines is 1. The minimum Gasteiger partial charge on any atom is -0.349 e. The topological polar surface area (TPSA) is 71.0 Å². The molecule has 0 fully saturated rings. The van der Waals surface area contributed by atoms with Gasteiger partial charge in [-0.25, -0.2) is 9.97 Å². The van der Waals surface area contributed by atoms with E-state index in [9.17, 15) is 4.79 Å². The molecular formula is C21H23N5O. The van der Waals surface area contributed by atoms with Crippen molar-refractivity contribution in [2.45, 2.75) is 33.0 Å². The maximum absolute atomic E-state index is 12.3. The zero-order chi connectivity index (χ0) is 19.1. The molecule has 0 unspecified atom stereocenters. The van der Waals surface area contributed by atoms with Crippen molar-refractivity contribution in [2.75, 3.05) is 4.90 Å². The van der Waals surface area contributed by atoms with E-state index in [1.165, 1.54) is 11.8 Å². The number of aromatic nitrogens is 3. The number of pyridine rings is 1. The Morgan fingerprint density at radius 3 is 2.41 bits per heavy atom. The fourth-order valence-corrected chi connectivity index (χ4v) is 2.66. The summed E-state index contributed by atoms with van der Waals surface area (Å²) < 4.78 is 0. The zero-order valence-electron chi connectivity index (χ0n) is 15.5. The van der Waals surface area contributed by atoms with Gasteiger partial charge in [-0.1, -0.05) is 36.4 Å². The number of carbonyl (C=O) groups excluding carboxylic acids is 1. The van der Waals surface area contributed by atoms with Crippen LogP contribution in [0.3, 0.4) is 0 Å². The summed E-state index contributed by atoms with van der Waals surface area (Å²) in [7, 11) is 0. The summed E-state index contributed by atoms with van der Waals surface area (Å²) in [5.41, 5.74) is 2.28. The Morgan fingerprint density at radius 1 is 1.00 bits per heavy atom. The van der Waals surface area contributed by atoms with Crippen molar-refractivity contribution in [3.63, 3.8) is 0 Å². The molecule has 0 aliphatic heterocycles. The van der Waals surface area contributed by atoms with Crippen molar-refractivity contribution < 1.29 is 4.79 Å². The molecule has 27 heavy (non-hydrogen) atoms. The number of nitrogens with zero attached hydrogens (tertiary/aromatic N) is 4. The number of rotatable bonds is 7. The van der Waals surface area contributed by atoms with Crippen LogP contribution in [0.25, 0.3) is 0 Å². The molecule has 0 bridgehead atoms. The highest BCUT2D eigenvalue weighted by Gasteiger charge is 2.15. The van der Waals surface area contributed by atoms with Crippen LogP contribution in [0.15, 0.2) is 67.1 Å². The normalized spacial score (nSPS) is 10.6. The molecule has 0 radical (unpaired) electrons. The number of hydrogen-bond acceptors (Lipinski definition) is 5. The van der Waals surface area contributed by atoms with E-state index in [2.05, 4.69) is 51.1 Å². The van der Waals surface area contributed by atoms with Crippen LogP contribution < -0.4 is 10.2 Å². The van der Waals surface area contributed by atoms with Gasteiger partial charge in [-0.15, -0.1) is 0 Å². The summed E-state index contributed by atoms with van der Waals surface area (Å²) in [6.07, 6.45) is 4.87. The molecule has 2 aromatic heterocycles. The molecule has 3 rings (SSSR count). The molecule has 1 N–H and O–H groups in total. The van der Waals surface area contributed by atoms with Gasteiger partial charge in [0.1, 0.15) is 11.5 Å². The number of amides is 1. The van der Waals surface area contributed by atoms with Gasteiger partial charge in [0.05, 0.1) is 24.6 Å². The van der Waals surface area contributed by atoms with Crippen molar-refractivity contribution in [1.29, 1.82) is 0 Å². The monoisotopic (exact) mass is 361 g/mol. The summed E-state index contributed by atoms with van der Waals surface area (Å²) in [6.45, 7) is 5.31. The van der Waals surface area contributed by atoms with E-state index in [4.69, 9.17) is 0 Å². The Labute approximate surface area is 159 Å². The molecule has 0 aliphatic carbocycles. The van der Waals surface area contributed by atoms with Gasteiger partial charge in [0.25, 0.3) is 5.91 Å². The van der Waals surface area contributed by atoms with Gasteiger partial charge in [-0.3, -0.25) is 9.78 Å². The van der Waals surface area contributed by atoms with Gasteiger partial charge in [-0.05, 0) is 31.5 Å². The van der Waals surface area contributed by atoms with Gasteiger partial charge in [-0.2, -0.15) is 0 Å². The molecule has 3 aromatic rings. The van der Waals surface area contributed by atoms with Gasteiger partial charge in [0.15, 0.2) is 0 Å². The van der Waals surface area contributed by atoms with Gasteiger partial charge >= 0.3 is 0 Å². The summed E-state index contributed by atoms with van der Waals surface area (Å²) >= 11 is 0. The van der Waals surface area contributed by atoms with Crippen LogP contribution in [0.4, 0.5) is 5.82 Å². The van der Waals surface area contributed by atoms with Gasteiger partial charge < -0.3 is 10.2 Å². The van der Waals surface area contributed by atoms with Crippen molar-refractivity contribution in [3.8, 4) is 0 Å². The van der Waals surface area contributed by atoms with Crippen LogP contribution in [0, 0.1) is 0 Å². The van der Waals surface area contributed by atoms with E-state index < -0.39 is 0 Å². The van der Waals surface area contributed by atoms with Crippen LogP contribution in [-0.2, 0) is 13.1 Å². The van der Waals surface area contributed by atoms with Gasteiger partial charge in [0, 0.05) is 18.8 Å². The molecule has 1 aromatic carbocycles. The first-order valence-corrected chi connectivity index (χ1v) is 8.94. The van der Waals surface area contributed by atoms with Crippen LogP contribution >= 0.6 is 0 Å². The SMILES string of the molecule is CC(C)N(Cc1ccccc1)c1cnc(C(=O)NCc2ccccn2)cn1. The summed E-state index contributed by atoms with van der Waals surface area (Å²) in [4.78, 5) is 27.4. The van der Waals surface area contributed by atoms with E-state index >= 15 is 0 Å². The highest BCUT2D eigenvalue weighted by molar-refractivity contribution is 5.91. The van der Waals surface area contributed by atoms with E-state index in [1.807, 2.05) is 36.4 Å². The highest BCUT2D eigenvalue weighted by Crippen LogP contribution is 2.17. The molecule has 2 heterocycles. The summed E-state index contributed by atoms with van der Waals surface area (Å²) in [5, 5.41) is 2.81. The minimum atomic E-state index is -0.265. The molecule has 6 nitrogen and oxygen atoms in total. The standard InChI is InChI=1S/C21H23N5O/c1-16(2)26(15-17-8-4-3-5-9-17)20-14-23-19(13-24-20)21(27)25-12-18-10-6-7-11-22-18/h3-11,13-14,16H,12,15H2,1-2H3,(H,25,27). The molecule has 0 atom stereocenters. The van der Waals surface area contributed by atoms with Crippen molar-refractivity contribution in [3.05, 3.63) is 84.1 Å². The first-order chi connectivity index (χ1) is 13.1. The van der Waals surface area contributed by atoms with Crippen LogP contribution in [0.5, 0.6) is 0 Å².